The van der Waals surface area contributed by atoms with E-state index in [2.05, 4.69) is 50.0 Å². The Labute approximate surface area is 132 Å². The molecule has 3 heteroatoms. The number of rotatable bonds is 4. The molecule has 0 aromatic heterocycles. The Bertz CT molecular complexity index is 425. The van der Waals surface area contributed by atoms with Gasteiger partial charge in [-0.2, -0.15) is 0 Å². The van der Waals surface area contributed by atoms with Crippen LogP contribution in [0.1, 0.15) is 36.0 Å². The molecule has 0 spiro atoms. The fourth-order valence-electron chi connectivity index (χ4n) is 3.34. The molecule has 114 valence electrons. The smallest absolute Gasteiger partial charge is 0.0672 e. The van der Waals surface area contributed by atoms with Crippen molar-refractivity contribution >= 4 is 20.5 Å². The first kappa shape index (κ1) is 17.7. The van der Waals surface area contributed by atoms with Crippen molar-refractivity contribution < 1.29 is 0 Å². The van der Waals surface area contributed by atoms with Crippen molar-refractivity contribution in [2.75, 3.05) is 19.3 Å². The Balaban J connectivity index is 0.00000200. The summed E-state index contributed by atoms with van der Waals surface area (Å²) in [4.78, 5) is 2.72. The van der Waals surface area contributed by atoms with Crippen LogP contribution in [0.2, 0.25) is 13.1 Å². The zero-order chi connectivity index (χ0) is 13.9. The lowest BCUT2D eigenvalue weighted by Gasteiger charge is -2.34. The largest absolute Gasteiger partial charge is 0.306 e. The standard InChI is InChI=1S/C17H29NSi.ClH/c1-15-8-9-17(16(2)12-15)13-19(3,4)14-18-10-6-5-7-11-18;/h8-9,12H,5-7,10-11,13-14H2,1-4H3;1H. The van der Waals surface area contributed by atoms with Crippen LogP contribution in [0.4, 0.5) is 0 Å². The Hall–Kier alpha value is -0.313. The molecule has 0 bridgehead atoms. The van der Waals surface area contributed by atoms with Crippen LogP contribution < -0.4 is 0 Å². The Kier molecular flexibility index (Phi) is 6.76. The molecule has 0 radical (unpaired) electrons. The molecule has 0 N–H and O–H groups in total. The number of hydrogen-bond acceptors (Lipinski definition) is 1. The van der Waals surface area contributed by atoms with Gasteiger partial charge >= 0.3 is 0 Å². The van der Waals surface area contributed by atoms with E-state index < -0.39 is 8.07 Å². The molecule has 0 amide bonds. The summed E-state index contributed by atoms with van der Waals surface area (Å²) in [6, 6.07) is 8.29. The Morgan fingerprint density at radius 1 is 1.05 bits per heavy atom. The van der Waals surface area contributed by atoms with Gasteiger partial charge in [0.2, 0.25) is 0 Å². The second kappa shape index (κ2) is 7.63. The van der Waals surface area contributed by atoms with E-state index in [1.165, 1.54) is 55.7 Å². The number of halogens is 1. The molecule has 0 saturated carbocycles. The second-order valence-corrected chi connectivity index (χ2v) is 12.1. The van der Waals surface area contributed by atoms with E-state index in [4.69, 9.17) is 0 Å². The highest BCUT2D eigenvalue weighted by atomic mass is 35.5. The Morgan fingerprint density at radius 3 is 2.30 bits per heavy atom. The maximum atomic E-state index is 2.72. The van der Waals surface area contributed by atoms with Crippen LogP contribution in [0.25, 0.3) is 0 Å². The average molecular weight is 312 g/mol. The molecule has 1 nitrogen and oxygen atoms in total. The highest BCUT2D eigenvalue weighted by Crippen LogP contribution is 2.19. The van der Waals surface area contributed by atoms with Gasteiger partial charge in [-0.1, -0.05) is 43.3 Å². The molecule has 1 aliphatic heterocycles. The molecule has 1 fully saturated rings. The van der Waals surface area contributed by atoms with Crippen LogP contribution in [-0.4, -0.2) is 32.2 Å². The molecule has 20 heavy (non-hydrogen) atoms. The third-order valence-electron chi connectivity index (χ3n) is 4.27. The number of piperidine rings is 1. The summed E-state index contributed by atoms with van der Waals surface area (Å²) in [5.74, 6) is 0. The number of hydrogen-bond donors (Lipinski definition) is 0. The summed E-state index contributed by atoms with van der Waals surface area (Å²) in [5.41, 5.74) is 4.45. The van der Waals surface area contributed by atoms with Gasteiger partial charge in [0.1, 0.15) is 0 Å². The number of benzene rings is 1. The van der Waals surface area contributed by atoms with Crippen molar-refractivity contribution in [2.45, 2.75) is 52.2 Å². The van der Waals surface area contributed by atoms with Crippen LogP contribution >= 0.6 is 12.4 Å². The molecule has 0 atom stereocenters. The van der Waals surface area contributed by atoms with Gasteiger partial charge in [-0.25, -0.2) is 0 Å². The number of likely N-dealkylation sites (tertiary alicyclic amines) is 1. The van der Waals surface area contributed by atoms with Crippen LogP contribution in [0.3, 0.4) is 0 Å². The molecule has 2 rings (SSSR count). The lowest BCUT2D eigenvalue weighted by molar-refractivity contribution is 0.258. The molecule has 0 aliphatic carbocycles. The van der Waals surface area contributed by atoms with Crippen molar-refractivity contribution in [1.29, 1.82) is 0 Å². The third kappa shape index (κ3) is 5.23. The number of nitrogens with zero attached hydrogens (tertiary/aromatic N) is 1. The third-order valence-corrected chi connectivity index (χ3v) is 6.91. The van der Waals surface area contributed by atoms with Crippen molar-refractivity contribution in [3.05, 3.63) is 34.9 Å². The van der Waals surface area contributed by atoms with Crippen LogP contribution in [-0.2, 0) is 6.04 Å². The van der Waals surface area contributed by atoms with E-state index in [1.54, 1.807) is 5.56 Å². The van der Waals surface area contributed by atoms with Crippen molar-refractivity contribution in [3.63, 3.8) is 0 Å². The lowest BCUT2D eigenvalue weighted by atomic mass is 10.1. The second-order valence-electron chi connectivity index (χ2n) is 7.11. The number of aryl methyl sites for hydroxylation is 2. The maximum Gasteiger partial charge on any atom is 0.0672 e. The van der Waals surface area contributed by atoms with E-state index in [1.807, 2.05) is 0 Å². The fraction of sp³-hybridized carbons (Fsp3) is 0.647. The predicted octanol–water partition coefficient (Wildman–Crippen LogP) is 4.54. The summed E-state index contributed by atoms with van der Waals surface area (Å²) in [6.45, 7) is 12.2. The van der Waals surface area contributed by atoms with Gasteiger partial charge in [0.15, 0.2) is 0 Å². The minimum Gasteiger partial charge on any atom is -0.306 e. The van der Waals surface area contributed by atoms with Gasteiger partial charge in [0, 0.05) is 0 Å². The normalized spacial score (nSPS) is 16.8. The summed E-state index contributed by atoms with van der Waals surface area (Å²) in [5, 5.41) is 0. The van der Waals surface area contributed by atoms with E-state index in [9.17, 15) is 0 Å². The molecule has 0 unspecified atom stereocenters. The molecular weight excluding hydrogens is 282 g/mol. The predicted molar refractivity (Wildman–Crippen MR) is 94.6 cm³/mol. The maximum absolute atomic E-state index is 2.72. The van der Waals surface area contributed by atoms with Gasteiger partial charge in [-0.15, -0.1) is 12.4 Å². The average Bonchev–Trinajstić information content (AvgIpc) is 2.33. The van der Waals surface area contributed by atoms with E-state index in [0.29, 0.717) is 0 Å². The van der Waals surface area contributed by atoms with Gasteiger partial charge in [0.25, 0.3) is 0 Å². The van der Waals surface area contributed by atoms with Crippen LogP contribution in [0.5, 0.6) is 0 Å². The summed E-state index contributed by atoms with van der Waals surface area (Å²) >= 11 is 0. The molecule has 1 aliphatic rings. The molecule has 1 aromatic rings. The van der Waals surface area contributed by atoms with E-state index >= 15 is 0 Å². The zero-order valence-electron chi connectivity index (χ0n) is 13.5. The quantitative estimate of drug-likeness (QED) is 0.738. The van der Waals surface area contributed by atoms with Crippen LogP contribution in [0.15, 0.2) is 18.2 Å². The minimum atomic E-state index is -1.15. The summed E-state index contributed by atoms with van der Waals surface area (Å²) in [7, 11) is -1.15. The van der Waals surface area contributed by atoms with E-state index in [0.717, 1.165) is 0 Å². The van der Waals surface area contributed by atoms with Crippen molar-refractivity contribution in [3.8, 4) is 0 Å². The topological polar surface area (TPSA) is 3.24 Å². The molecule has 1 aromatic carbocycles. The first-order valence-electron chi connectivity index (χ1n) is 7.75. The highest BCUT2D eigenvalue weighted by molar-refractivity contribution is 6.77. The summed E-state index contributed by atoms with van der Waals surface area (Å²) in [6.07, 6.45) is 5.64. The lowest BCUT2D eigenvalue weighted by Crippen LogP contribution is -2.46. The first-order valence-corrected chi connectivity index (χ1v) is 11.2. The zero-order valence-corrected chi connectivity index (χ0v) is 15.4. The van der Waals surface area contributed by atoms with Gasteiger partial charge in [0.05, 0.1) is 8.07 Å². The Morgan fingerprint density at radius 2 is 1.70 bits per heavy atom. The van der Waals surface area contributed by atoms with Crippen molar-refractivity contribution in [2.24, 2.45) is 0 Å². The van der Waals surface area contributed by atoms with Crippen molar-refractivity contribution in [1.82, 2.24) is 4.90 Å². The first-order chi connectivity index (χ1) is 8.96. The molecule has 1 heterocycles. The summed E-state index contributed by atoms with van der Waals surface area (Å²) < 4.78 is 0. The van der Waals surface area contributed by atoms with Gasteiger partial charge in [-0.3, -0.25) is 0 Å². The monoisotopic (exact) mass is 311 g/mol. The highest BCUT2D eigenvalue weighted by Gasteiger charge is 2.25. The van der Waals surface area contributed by atoms with E-state index in [-0.39, 0.29) is 12.4 Å². The van der Waals surface area contributed by atoms with Gasteiger partial charge in [-0.05, 0) is 63.1 Å². The SMILES string of the molecule is Cc1ccc(C[Si](C)(C)CN2CCCCC2)c(C)c1.Cl. The van der Waals surface area contributed by atoms with Gasteiger partial charge < -0.3 is 4.90 Å². The molecular formula is C17H30ClNSi. The fourth-order valence-corrected chi connectivity index (χ4v) is 6.40. The van der Waals surface area contributed by atoms with Crippen LogP contribution in [0, 0.1) is 13.8 Å². The minimum absolute atomic E-state index is 0. The molecule has 1 saturated heterocycles.